The van der Waals surface area contributed by atoms with E-state index in [9.17, 15) is 0 Å². The lowest BCUT2D eigenvalue weighted by atomic mass is 10.4. The molecular formula is C10H12N4O. The van der Waals surface area contributed by atoms with E-state index >= 15 is 0 Å². The molecule has 1 heterocycles. The Kier molecular flexibility index (Phi) is 2.79. The van der Waals surface area contributed by atoms with Crippen LogP contribution in [0.15, 0.2) is 12.3 Å². The SMILES string of the molecule is N#Cc1ccnc(N(CCO)C2CC2)n1. The van der Waals surface area contributed by atoms with E-state index in [1.807, 2.05) is 11.0 Å². The predicted octanol–water partition coefficient (Wildman–Crippen LogP) is 0.309. The van der Waals surface area contributed by atoms with E-state index in [1.165, 1.54) is 0 Å². The number of aliphatic hydroxyl groups excluding tert-OH is 1. The van der Waals surface area contributed by atoms with Gasteiger partial charge in [0.15, 0.2) is 0 Å². The Morgan fingerprint density at radius 3 is 3.00 bits per heavy atom. The molecule has 2 rings (SSSR count). The molecule has 5 heteroatoms. The summed E-state index contributed by atoms with van der Waals surface area (Å²) in [4.78, 5) is 10.2. The van der Waals surface area contributed by atoms with Crippen molar-refractivity contribution < 1.29 is 5.11 Å². The lowest BCUT2D eigenvalue weighted by Crippen LogP contribution is -2.30. The first-order chi connectivity index (χ1) is 7.35. The summed E-state index contributed by atoms with van der Waals surface area (Å²) in [7, 11) is 0. The topological polar surface area (TPSA) is 73.0 Å². The second-order valence-corrected chi connectivity index (χ2v) is 3.50. The van der Waals surface area contributed by atoms with Crippen molar-refractivity contribution in [2.75, 3.05) is 18.1 Å². The average molecular weight is 204 g/mol. The maximum Gasteiger partial charge on any atom is 0.226 e. The Balaban J connectivity index is 2.21. The summed E-state index contributed by atoms with van der Waals surface area (Å²) < 4.78 is 0. The van der Waals surface area contributed by atoms with Crippen molar-refractivity contribution in [2.45, 2.75) is 18.9 Å². The molecule has 1 fully saturated rings. The molecule has 1 aliphatic rings. The molecule has 0 spiro atoms. The van der Waals surface area contributed by atoms with E-state index in [-0.39, 0.29) is 6.61 Å². The first-order valence-electron chi connectivity index (χ1n) is 4.96. The smallest absolute Gasteiger partial charge is 0.226 e. The molecule has 1 saturated carbocycles. The number of aliphatic hydroxyl groups is 1. The molecule has 0 radical (unpaired) electrons. The number of aromatic nitrogens is 2. The van der Waals surface area contributed by atoms with Crippen molar-refractivity contribution >= 4 is 5.95 Å². The van der Waals surface area contributed by atoms with Crippen molar-refractivity contribution in [3.8, 4) is 6.07 Å². The Hall–Kier alpha value is -1.67. The van der Waals surface area contributed by atoms with E-state index in [1.54, 1.807) is 12.3 Å². The highest BCUT2D eigenvalue weighted by Gasteiger charge is 2.30. The second-order valence-electron chi connectivity index (χ2n) is 3.50. The standard InChI is InChI=1S/C10H12N4O/c11-7-8-3-4-12-10(13-8)14(5-6-15)9-1-2-9/h3-4,9,15H,1-2,5-6H2. The Bertz CT molecular complexity index is 383. The van der Waals surface area contributed by atoms with Crippen molar-refractivity contribution in [1.82, 2.24) is 9.97 Å². The van der Waals surface area contributed by atoms with Gasteiger partial charge in [0.1, 0.15) is 11.8 Å². The van der Waals surface area contributed by atoms with Crippen LogP contribution in [0.25, 0.3) is 0 Å². The number of hydrogen-bond acceptors (Lipinski definition) is 5. The van der Waals surface area contributed by atoms with Crippen LogP contribution in [0.1, 0.15) is 18.5 Å². The zero-order valence-electron chi connectivity index (χ0n) is 8.30. The molecule has 0 unspecified atom stereocenters. The predicted molar refractivity (Wildman–Crippen MR) is 54.2 cm³/mol. The fraction of sp³-hybridized carbons (Fsp3) is 0.500. The van der Waals surface area contributed by atoms with Gasteiger partial charge in [-0.05, 0) is 18.9 Å². The first-order valence-corrected chi connectivity index (χ1v) is 4.96. The largest absolute Gasteiger partial charge is 0.395 e. The van der Waals surface area contributed by atoms with Crippen LogP contribution in [0.4, 0.5) is 5.95 Å². The number of rotatable bonds is 4. The summed E-state index contributed by atoms with van der Waals surface area (Å²) in [6.45, 7) is 0.607. The minimum absolute atomic E-state index is 0.0800. The molecule has 5 nitrogen and oxygen atoms in total. The fourth-order valence-electron chi connectivity index (χ4n) is 1.49. The zero-order valence-corrected chi connectivity index (χ0v) is 8.30. The lowest BCUT2D eigenvalue weighted by Gasteiger charge is -2.20. The lowest BCUT2D eigenvalue weighted by molar-refractivity contribution is 0.300. The summed E-state index contributed by atoms with van der Waals surface area (Å²) in [5.74, 6) is 0.547. The van der Waals surface area contributed by atoms with E-state index < -0.39 is 0 Å². The van der Waals surface area contributed by atoms with Gasteiger partial charge in [-0.15, -0.1) is 0 Å². The second kappa shape index (κ2) is 4.24. The van der Waals surface area contributed by atoms with Crippen LogP contribution < -0.4 is 4.90 Å². The normalized spacial score (nSPS) is 14.7. The van der Waals surface area contributed by atoms with Gasteiger partial charge in [0.25, 0.3) is 0 Å². The highest BCUT2D eigenvalue weighted by Crippen LogP contribution is 2.29. The van der Waals surface area contributed by atoms with Gasteiger partial charge in [-0.3, -0.25) is 0 Å². The summed E-state index contributed by atoms with van der Waals surface area (Å²) in [6.07, 6.45) is 3.80. The van der Waals surface area contributed by atoms with Gasteiger partial charge < -0.3 is 10.0 Å². The maximum absolute atomic E-state index is 8.94. The zero-order chi connectivity index (χ0) is 10.7. The molecule has 1 aromatic rings. The van der Waals surface area contributed by atoms with E-state index in [4.69, 9.17) is 10.4 Å². The van der Waals surface area contributed by atoms with Gasteiger partial charge in [-0.2, -0.15) is 5.26 Å². The highest BCUT2D eigenvalue weighted by molar-refractivity contribution is 5.36. The third kappa shape index (κ3) is 2.22. The number of nitrogens with zero attached hydrogens (tertiary/aromatic N) is 4. The van der Waals surface area contributed by atoms with Crippen molar-refractivity contribution in [1.29, 1.82) is 5.26 Å². The molecule has 0 atom stereocenters. The molecule has 0 saturated heterocycles. The minimum atomic E-state index is 0.0800. The summed E-state index contributed by atoms with van der Waals surface area (Å²) in [5, 5.41) is 17.7. The van der Waals surface area contributed by atoms with Gasteiger partial charge in [0.2, 0.25) is 5.95 Å². The van der Waals surface area contributed by atoms with Gasteiger partial charge in [0, 0.05) is 18.8 Å². The molecule has 1 aromatic heterocycles. The van der Waals surface area contributed by atoms with Crippen molar-refractivity contribution in [3.63, 3.8) is 0 Å². The number of nitriles is 1. The minimum Gasteiger partial charge on any atom is -0.395 e. The summed E-state index contributed by atoms with van der Waals surface area (Å²) in [6, 6.07) is 4.00. The van der Waals surface area contributed by atoms with Gasteiger partial charge in [0.05, 0.1) is 6.61 Å². The molecule has 15 heavy (non-hydrogen) atoms. The quantitative estimate of drug-likeness (QED) is 0.764. The fourth-order valence-corrected chi connectivity index (χ4v) is 1.49. The van der Waals surface area contributed by atoms with Crippen molar-refractivity contribution in [2.24, 2.45) is 0 Å². The average Bonchev–Trinajstić information content (AvgIpc) is 3.10. The van der Waals surface area contributed by atoms with E-state index in [2.05, 4.69) is 9.97 Å². The molecule has 0 amide bonds. The molecule has 1 N–H and O–H groups in total. The molecule has 1 aliphatic carbocycles. The van der Waals surface area contributed by atoms with Crippen LogP contribution in [-0.2, 0) is 0 Å². The molecule has 78 valence electrons. The van der Waals surface area contributed by atoms with Crippen molar-refractivity contribution in [3.05, 3.63) is 18.0 Å². The van der Waals surface area contributed by atoms with Crippen LogP contribution in [0.5, 0.6) is 0 Å². The highest BCUT2D eigenvalue weighted by atomic mass is 16.3. The van der Waals surface area contributed by atoms with Crippen LogP contribution in [0.3, 0.4) is 0 Å². The maximum atomic E-state index is 8.94. The van der Waals surface area contributed by atoms with Crippen LogP contribution in [0, 0.1) is 11.3 Å². The Morgan fingerprint density at radius 1 is 1.60 bits per heavy atom. The van der Waals surface area contributed by atoms with Crippen LogP contribution in [-0.4, -0.2) is 34.3 Å². The Morgan fingerprint density at radius 2 is 2.40 bits per heavy atom. The van der Waals surface area contributed by atoms with Gasteiger partial charge in [-0.25, -0.2) is 9.97 Å². The summed E-state index contributed by atoms with van der Waals surface area (Å²) >= 11 is 0. The van der Waals surface area contributed by atoms with Crippen LogP contribution in [0.2, 0.25) is 0 Å². The molecular weight excluding hydrogens is 192 g/mol. The number of hydrogen-bond donors (Lipinski definition) is 1. The molecule has 0 aliphatic heterocycles. The first kappa shape index (κ1) is 9.87. The van der Waals surface area contributed by atoms with E-state index in [0.29, 0.717) is 24.2 Å². The molecule has 0 aromatic carbocycles. The van der Waals surface area contributed by atoms with Crippen LogP contribution >= 0.6 is 0 Å². The third-order valence-electron chi connectivity index (χ3n) is 2.34. The Labute approximate surface area is 88.0 Å². The summed E-state index contributed by atoms with van der Waals surface area (Å²) in [5.41, 5.74) is 0.364. The monoisotopic (exact) mass is 204 g/mol. The van der Waals surface area contributed by atoms with Gasteiger partial charge >= 0.3 is 0 Å². The number of anilines is 1. The van der Waals surface area contributed by atoms with E-state index in [0.717, 1.165) is 12.8 Å². The van der Waals surface area contributed by atoms with Gasteiger partial charge in [-0.1, -0.05) is 0 Å². The molecule has 0 bridgehead atoms. The third-order valence-corrected chi connectivity index (χ3v) is 2.34.